The molecule has 1 fully saturated rings. The van der Waals surface area contributed by atoms with Crippen LogP contribution in [0.5, 0.6) is 0 Å². The Hall–Kier alpha value is -2.86. The van der Waals surface area contributed by atoms with Crippen LogP contribution >= 0.6 is 11.6 Å². The molecule has 132 valence electrons. The van der Waals surface area contributed by atoms with Gasteiger partial charge < -0.3 is 9.80 Å². The van der Waals surface area contributed by atoms with Crippen molar-refractivity contribution >= 4 is 34.9 Å². The van der Waals surface area contributed by atoms with Crippen LogP contribution in [0.4, 0.5) is 5.69 Å². The van der Waals surface area contributed by atoms with Crippen molar-refractivity contribution in [3.63, 3.8) is 0 Å². The fraction of sp³-hybridized carbons (Fsp3) is 0.211. The highest BCUT2D eigenvalue weighted by Crippen LogP contribution is 2.19. The van der Waals surface area contributed by atoms with E-state index in [1.54, 1.807) is 12.2 Å². The van der Waals surface area contributed by atoms with Crippen molar-refractivity contribution in [3.8, 4) is 0 Å². The van der Waals surface area contributed by atoms with Gasteiger partial charge in [-0.25, -0.2) is 9.97 Å². The van der Waals surface area contributed by atoms with Crippen molar-refractivity contribution in [1.82, 2.24) is 14.3 Å². The Morgan fingerprint density at radius 1 is 1.12 bits per heavy atom. The third-order valence-corrected chi connectivity index (χ3v) is 4.84. The Labute approximate surface area is 156 Å². The number of halogens is 1. The monoisotopic (exact) mass is 368 g/mol. The molecule has 3 aromatic rings. The van der Waals surface area contributed by atoms with Gasteiger partial charge in [0.05, 0.1) is 5.69 Å². The number of fused-ring (bicyclic) bond motifs is 1. The molecule has 4 rings (SSSR count). The van der Waals surface area contributed by atoms with Crippen molar-refractivity contribution in [3.05, 3.63) is 65.8 Å². The van der Waals surface area contributed by atoms with Crippen molar-refractivity contribution in [1.29, 1.82) is 0 Å². The number of hydrogen-bond acceptors (Lipinski definition) is 3. The first-order chi connectivity index (χ1) is 12.7. The molecule has 0 atom stereocenters. The maximum atomic E-state index is 12.5. The number of rotatable bonds is 3. The molecule has 4 heterocycles. The minimum atomic E-state index is -0.00649. The Morgan fingerprint density at radius 3 is 2.65 bits per heavy atom. The molecule has 0 aliphatic carbocycles. The molecule has 1 N–H and O–H groups in total. The number of H-pyrrole nitrogens is 1. The Kier molecular flexibility index (Phi) is 4.58. The average Bonchev–Trinajstić information content (AvgIpc) is 3.02. The highest BCUT2D eigenvalue weighted by molar-refractivity contribution is 6.31. The predicted molar refractivity (Wildman–Crippen MR) is 101 cm³/mol. The lowest BCUT2D eigenvalue weighted by Crippen LogP contribution is -2.48. The van der Waals surface area contributed by atoms with Crippen molar-refractivity contribution < 1.29 is 9.78 Å². The number of carbonyl (C=O) groups is 1. The molecule has 7 heteroatoms. The van der Waals surface area contributed by atoms with E-state index in [0.717, 1.165) is 24.4 Å². The maximum absolute atomic E-state index is 12.5. The molecule has 0 bridgehead atoms. The quantitative estimate of drug-likeness (QED) is 0.666. The molecule has 1 amide bonds. The summed E-state index contributed by atoms with van der Waals surface area (Å²) in [4.78, 5) is 24.0. The lowest BCUT2D eigenvalue weighted by Gasteiger charge is -2.35. The molecular formula is C19H19ClN5O+. The van der Waals surface area contributed by atoms with Gasteiger partial charge in [0.2, 0.25) is 5.91 Å². The summed E-state index contributed by atoms with van der Waals surface area (Å²) in [6.07, 6.45) is 9.03. The summed E-state index contributed by atoms with van der Waals surface area (Å²) < 4.78 is 1.87. The van der Waals surface area contributed by atoms with Crippen LogP contribution < -0.4 is 9.88 Å². The molecule has 1 saturated heterocycles. The molecule has 6 nitrogen and oxygen atoms in total. The average molecular weight is 369 g/mol. The van der Waals surface area contributed by atoms with Crippen LogP contribution in [0.1, 0.15) is 5.69 Å². The number of nitrogens with one attached hydrogen (secondary N) is 1. The summed E-state index contributed by atoms with van der Waals surface area (Å²) in [5.41, 5.74) is 2.65. The van der Waals surface area contributed by atoms with Gasteiger partial charge >= 0.3 is 0 Å². The van der Waals surface area contributed by atoms with E-state index in [1.165, 1.54) is 5.69 Å². The number of amides is 1. The lowest BCUT2D eigenvalue weighted by atomic mass is 10.2. The fourth-order valence-corrected chi connectivity index (χ4v) is 3.41. The van der Waals surface area contributed by atoms with Gasteiger partial charge in [-0.15, -0.1) is 0 Å². The van der Waals surface area contributed by atoms with Crippen LogP contribution in [0, 0.1) is 0 Å². The zero-order valence-corrected chi connectivity index (χ0v) is 14.9. The SMILES string of the molecule is O=C(/C=C/c1c(Cl)nc2ccccn12)N1CCN(c2cc[nH+]cc2)CC1. The second-order valence-electron chi connectivity index (χ2n) is 6.12. The number of pyridine rings is 2. The van der Waals surface area contributed by atoms with E-state index >= 15 is 0 Å². The maximum Gasteiger partial charge on any atom is 0.246 e. The van der Waals surface area contributed by atoms with E-state index < -0.39 is 0 Å². The minimum absolute atomic E-state index is 0.00649. The van der Waals surface area contributed by atoms with Crippen LogP contribution in [0.25, 0.3) is 11.7 Å². The number of aromatic nitrogens is 3. The Balaban J connectivity index is 1.42. The van der Waals surface area contributed by atoms with Crippen LogP contribution in [-0.2, 0) is 4.79 Å². The number of imidazole rings is 1. The number of anilines is 1. The van der Waals surface area contributed by atoms with E-state index in [-0.39, 0.29) is 5.91 Å². The van der Waals surface area contributed by atoms with Crippen LogP contribution in [0.3, 0.4) is 0 Å². The van der Waals surface area contributed by atoms with E-state index in [1.807, 2.05) is 58.2 Å². The summed E-state index contributed by atoms with van der Waals surface area (Å²) in [5.74, 6) is -0.00649. The zero-order valence-electron chi connectivity index (χ0n) is 14.2. The Bertz CT molecular complexity index is 945. The second-order valence-corrected chi connectivity index (χ2v) is 6.48. The zero-order chi connectivity index (χ0) is 17.9. The standard InChI is InChI=1S/C19H18ClN5O/c20-19-16(25-10-2-1-3-17(25)22-19)4-5-18(26)24-13-11-23(12-14-24)15-6-8-21-9-7-15/h1-10H,11-14H2/p+1/b5-4+. The molecule has 1 aliphatic rings. The normalized spacial score (nSPS) is 15.1. The molecule has 26 heavy (non-hydrogen) atoms. The highest BCUT2D eigenvalue weighted by Gasteiger charge is 2.20. The van der Waals surface area contributed by atoms with Gasteiger partial charge in [0.15, 0.2) is 17.5 Å². The first-order valence-corrected chi connectivity index (χ1v) is 8.91. The topological polar surface area (TPSA) is 55.0 Å². The third kappa shape index (κ3) is 3.28. The molecule has 0 aromatic carbocycles. The van der Waals surface area contributed by atoms with Crippen LogP contribution in [0.15, 0.2) is 55.0 Å². The Morgan fingerprint density at radius 2 is 1.88 bits per heavy atom. The first-order valence-electron chi connectivity index (χ1n) is 8.53. The smallest absolute Gasteiger partial charge is 0.246 e. The molecule has 0 unspecified atom stereocenters. The summed E-state index contributed by atoms with van der Waals surface area (Å²) in [7, 11) is 0. The number of hydrogen-bond donors (Lipinski definition) is 0. The highest BCUT2D eigenvalue weighted by atomic mass is 35.5. The molecule has 0 spiro atoms. The third-order valence-electron chi connectivity index (χ3n) is 4.56. The lowest BCUT2D eigenvalue weighted by molar-refractivity contribution is -0.377. The van der Waals surface area contributed by atoms with Crippen molar-refractivity contribution in [2.75, 3.05) is 31.1 Å². The van der Waals surface area contributed by atoms with Gasteiger partial charge in [-0.2, -0.15) is 0 Å². The first kappa shape index (κ1) is 16.6. The predicted octanol–water partition coefficient (Wildman–Crippen LogP) is 2.16. The summed E-state index contributed by atoms with van der Waals surface area (Å²) >= 11 is 6.21. The minimum Gasteiger partial charge on any atom is -0.368 e. The van der Waals surface area contributed by atoms with E-state index in [9.17, 15) is 4.79 Å². The van der Waals surface area contributed by atoms with Gasteiger partial charge in [-0.05, 0) is 18.2 Å². The molecule has 3 aromatic heterocycles. The van der Waals surface area contributed by atoms with Crippen molar-refractivity contribution in [2.45, 2.75) is 0 Å². The van der Waals surface area contributed by atoms with Gasteiger partial charge in [0.1, 0.15) is 5.65 Å². The number of carbonyl (C=O) groups excluding carboxylic acids is 1. The van der Waals surface area contributed by atoms with Crippen LogP contribution in [-0.4, -0.2) is 46.4 Å². The van der Waals surface area contributed by atoms with E-state index in [2.05, 4.69) is 14.9 Å². The fourth-order valence-electron chi connectivity index (χ4n) is 3.16. The molecule has 0 saturated carbocycles. The second kappa shape index (κ2) is 7.17. The van der Waals surface area contributed by atoms with E-state index in [0.29, 0.717) is 18.2 Å². The molecule has 1 aliphatic heterocycles. The summed E-state index contributed by atoms with van der Waals surface area (Å²) in [6.45, 7) is 3.03. The number of piperazine rings is 1. The van der Waals surface area contributed by atoms with Gasteiger partial charge in [0.25, 0.3) is 0 Å². The van der Waals surface area contributed by atoms with Gasteiger partial charge in [0, 0.05) is 56.3 Å². The molecule has 0 radical (unpaired) electrons. The van der Waals surface area contributed by atoms with E-state index in [4.69, 9.17) is 11.6 Å². The van der Waals surface area contributed by atoms with Gasteiger partial charge in [-0.3, -0.25) is 9.20 Å². The summed E-state index contributed by atoms with van der Waals surface area (Å²) in [5, 5.41) is 0.394. The largest absolute Gasteiger partial charge is 0.368 e. The number of aromatic amines is 1. The van der Waals surface area contributed by atoms with Crippen molar-refractivity contribution in [2.24, 2.45) is 0 Å². The summed E-state index contributed by atoms with van der Waals surface area (Å²) in [6, 6.07) is 9.78. The number of nitrogens with zero attached hydrogens (tertiary/aromatic N) is 4. The molecular weight excluding hydrogens is 350 g/mol. The van der Waals surface area contributed by atoms with Gasteiger partial charge in [-0.1, -0.05) is 17.7 Å². The van der Waals surface area contributed by atoms with Crippen LogP contribution in [0.2, 0.25) is 5.15 Å².